The van der Waals surface area contributed by atoms with Crippen molar-refractivity contribution >= 4 is 21.8 Å². The molecule has 0 aliphatic carbocycles. The molecule has 0 saturated heterocycles. The Morgan fingerprint density at radius 1 is 1.14 bits per heavy atom. The highest BCUT2D eigenvalue weighted by Crippen LogP contribution is 2.23. The first kappa shape index (κ1) is 12.8. The van der Waals surface area contributed by atoms with Crippen LogP contribution in [-0.4, -0.2) is 19.6 Å². The zero-order valence-corrected chi connectivity index (χ0v) is 11.7. The summed E-state index contributed by atoms with van der Waals surface area (Å²) in [7, 11) is 0. The predicted molar refractivity (Wildman–Crippen MR) is 85.1 cm³/mol. The summed E-state index contributed by atoms with van der Waals surface area (Å²) in [4.78, 5) is 19.1. The second kappa shape index (κ2) is 4.82. The molecule has 2 N–H and O–H groups in total. The Bertz CT molecular complexity index is 1050. The standard InChI is InChI=1S/C17H13N3O2/c21-10-16-19-14-3-1-2-4-15(14)20(16)12-6-5-11-7-8-18-17(22)13(11)9-12/h1-9,21H,10H2,(H,18,22). The van der Waals surface area contributed by atoms with Crippen LogP contribution in [0.4, 0.5) is 0 Å². The average Bonchev–Trinajstić information content (AvgIpc) is 2.93. The number of aliphatic hydroxyl groups is 1. The fraction of sp³-hybridized carbons (Fsp3) is 0.0588. The van der Waals surface area contributed by atoms with Gasteiger partial charge in [-0.05, 0) is 35.7 Å². The molecule has 108 valence electrons. The van der Waals surface area contributed by atoms with Gasteiger partial charge in [0, 0.05) is 17.3 Å². The van der Waals surface area contributed by atoms with Crippen molar-refractivity contribution in [3.8, 4) is 5.69 Å². The van der Waals surface area contributed by atoms with E-state index in [9.17, 15) is 9.90 Å². The van der Waals surface area contributed by atoms with Crippen molar-refractivity contribution < 1.29 is 5.11 Å². The topological polar surface area (TPSA) is 70.9 Å². The third-order valence-electron chi connectivity index (χ3n) is 3.79. The van der Waals surface area contributed by atoms with Crippen LogP contribution in [0.25, 0.3) is 27.5 Å². The van der Waals surface area contributed by atoms with E-state index >= 15 is 0 Å². The van der Waals surface area contributed by atoms with Gasteiger partial charge in [-0.25, -0.2) is 4.98 Å². The molecule has 0 fully saturated rings. The maximum atomic E-state index is 12.0. The number of fused-ring (bicyclic) bond motifs is 2. The molecule has 0 bridgehead atoms. The van der Waals surface area contributed by atoms with Crippen molar-refractivity contribution in [2.75, 3.05) is 0 Å². The van der Waals surface area contributed by atoms with Gasteiger partial charge in [-0.2, -0.15) is 0 Å². The molecule has 0 aliphatic rings. The Balaban J connectivity index is 2.06. The van der Waals surface area contributed by atoms with E-state index in [0.29, 0.717) is 11.2 Å². The molecule has 0 spiro atoms. The Kier molecular flexibility index (Phi) is 2.80. The number of hydrogen-bond donors (Lipinski definition) is 2. The molecule has 0 radical (unpaired) electrons. The maximum absolute atomic E-state index is 12.0. The highest BCUT2D eigenvalue weighted by atomic mass is 16.3. The smallest absolute Gasteiger partial charge is 0.255 e. The minimum Gasteiger partial charge on any atom is -0.388 e. The second-order valence-corrected chi connectivity index (χ2v) is 5.09. The Hall–Kier alpha value is -2.92. The number of imidazole rings is 1. The number of benzene rings is 2. The minimum absolute atomic E-state index is 0.130. The molecule has 4 rings (SSSR count). The Morgan fingerprint density at radius 2 is 2.00 bits per heavy atom. The average molecular weight is 291 g/mol. The van der Waals surface area contributed by atoms with Crippen LogP contribution < -0.4 is 5.56 Å². The first-order valence-electron chi connectivity index (χ1n) is 6.97. The van der Waals surface area contributed by atoms with Crippen LogP contribution in [0.5, 0.6) is 0 Å². The van der Waals surface area contributed by atoms with Crippen LogP contribution >= 0.6 is 0 Å². The molecule has 5 nitrogen and oxygen atoms in total. The first-order valence-corrected chi connectivity index (χ1v) is 6.97. The monoisotopic (exact) mass is 291 g/mol. The number of aromatic amines is 1. The fourth-order valence-electron chi connectivity index (χ4n) is 2.78. The summed E-state index contributed by atoms with van der Waals surface area (Å²) in [5.74, 6) is 0.549. The first-order chi connectivity index (χ1) is 10.8. The van der Waals surface area contributed by atoms with Crippen molar-refractivity contribution in [2.24, 2.45) is 0 Å². The molecule has 0 atom stereocenters. The SMILES string of the molecule is O=c1[nH]ccc2ccc(-n3c(CO)nc4ccccc43)cc12. The van der Waals surface area contributed by atoms with Crippen LogP contribution in [0.1, 0.15) is 5.82 Å². The molecule has 5 heteroatoms. The van der Waals surface area contributed by atoms with Crippen molar-refractivity contribution in [3.05, 3.63) is 70.9 Å². The summed E-state index contributed by atoms with van der Waals surface area (Å²) in [6, 6.07) is 15.2. The molecular weight excluding hydrogens is 278 g/mol. The van der Waals surface area contributed by atoms with E-state index in [2.05, 4.69) is 9.97 Å². The van der Waals surface area contributed by atoms with Crippen molar-refractivity contribution in [1.82, 2.24) is 14.5 Å². The van der Waals surface area contributed by atoms with Crippen molar-refractivity contribution in [2.45, 2.75) is 6.61 Å². The Labute approximate surface area is 125 Å². The molecule has 0 amide bonds. The van der Waals surface area contributed by atoms with Gasteiger partial charge in [-0.1, -0.05) is 18.2 Å². The van der Waals surface area contributed by atoms with Gasteiger partial charge in [-0.15, -0.1) is 0 Å². The predicted octanol–water partition coefficient (Wildman–Crippen LogP) is 2.36. The highest BCUT2D eigenvalue weighted by Gasteiger charge is 2.12. The van der Waals surface area contributed by atoms with Crippen LogP contribution in [0.2, 0.25) is 0 Å². The molecule has 2 aromatic heterocycles. The normalized spacial score (nSPS) is 11.3. The van der Waals surface area contributed by atoms with Crippen LogP contribution in [0.15, 0.2) is 59.5 Å². The molecule has 2 heterocycles. The summed E-state index contributed by atoms with van der Waals surface area (Å²) in [5, 5.41) is 11.1. The number of aromatic nitrogens is 3. The lowest BCUT2D eigenvalue weighted by molar-refractivity contribution is 0.270. The van der Waals surface area contributed by atoms with E-state index in [1.807, 2.05) is 53.1 Å². The van der Waals surface area contributed by atoms with Gasteiger partial charge >= 0.3 is 0 Å². The van der Waals surface area contributed by atoms with Crippen molar-refractivity contribution in [3.63, 3.8) is 0 Å². The number of hydrogen-bond acceptors (Lipinski definition) is 3. The molecule has 0 aliphatic heterocycles. The number of pyridine rings is 1. The quantitative estimate of drug-likeness (QED) is 0.595. The molecule has 4 aromatic rings. The van der Waals surface area contributed by atoms with Crippen molar-refractivity contribution in [1.29, 1.82) is 0 Å². The lowest BCUT2D eigenvalue weighted by Crippen LogP contribution is -2.06. The van der Waals surface area contributed by atoms with Gasteiger partial charge in [0.1, 0.15) is 12.4 Å². The van der Waals surface area contributed by atoms with E-state index in [1.54, 1.807) is 6.20 Å². The molecular formula is C17H13N3O2. The van der Waals surface area contributed by atoms with Gasteiger partial charge < -0.3 is 10.1 Å². The van der Waals surface area contributed by atoms with Gasteiger partial charge in [0.15, 0.2) is 0 Å². The molecule has 2 aromatic carbocycles. The van der Waals surface area contributed by atoms with E-state index < -0.39 is 0 Å². The molecule has 22 heavy (non-hydrogen) atoms. The largest absolute Gasteiger partial charge is 0.388 e. The van der Waals surface area contributed by atoms with E-state index in [4.69, 9.17) is 0 Å². The van der Waals surface area contributed by atoms with Gasteiger partial charge in [0.05, 0.1) is 11.0 Å². The zero-order valence-electron chi connectivity index (χ0n) is 11.7. The summed E-state index contributed by atoms with van der Waals surface area (Å²) in [6.07, 6.45) is 1.64. The van der Waals surface area contributed by atoms with Crippen LogP contribution in [0.3, 0.4) is 0 Å². The molecule has 0 saturated carbocycles. The number of aliphatic hydroxyl groups excluding tert-OH is 1. The highest BCUT2D eigenvalue weighted by molar-refractivity contribution is 5.85. The number of nitrogens with one attached hydrogen (secondary N) is 1. The fourth-order valence-corrected chi connectivity index (χ4v) is 2.78. The third-order valence-corrected chi connectivity index (χ3v) is 3.79. The maximum Gasteiger partial charge on any atom is 0.255 e. The second-order valence-electron chi connectivity index (χ2n) is 5.09. The zero-order chi connectivity index (χ0) is 15.1. The minimum atomic E-state index is -0.169. The van der Waals surface area contributed by atoms with Gasteiger partial charge in [0.25, 0.3) is 5.56 Å². The summed E-state index contributed by atoms with van der Waals surface area (Å²) >= 11 is 0. The summed E-state index contributed by atoms with van der Waals surface area (Å²) < 4.78 is 1.88. The van der Waals surface area contributed by atoms with Gasteiger partial charge in [0.2, 0.25) is 0 Å². The summed E-state index contributed by atoms with van der Waals surface area (Å²) in [6.45, 7) is -0.169. The number of para-hydroxylation sites is 2. The third kappa shape index (κ3) is 1.83. The number of nitrogens with zero attached hydrogens (tertiary/aromatic N) is 2. The van der Waals surface area contributed by atoms with E-state index in [-0.39, 0.29) is 12.2 Å². The number of H-pyrrole nitrogens is 1. The Morgan fingerprint density at radius 3 is 2.86 bits per heavy atom. The summed E-state index contributed by atoms with van der Waals surface area (Å²) in [5.41, 5.74) is 2.39. The van der Waals surface area contributed by atoms with Gasteiger partial charge in [-0.3, -0.25) is 9.36 Å². The van der Waals surface area contributed by atoms with E-state index in [0.717, 1.165) is 22.1 Å². The van der Waals surface area contributed by atoms with Crippen LogP contribution in [0, 0.1) is 0 Å². The lowest BCUT2D eigenvalue weighted by atomic mass is 10.1. The van der Waals surface area contributed by atoms with Crippen LogP contribution in [-0.2, 0) is 6.61 Å². The van der Waals surface area contributed by atoms with E-state index in [1.165, 1.54) is 0 Å². The lowest BCUT2D eigenvalue weighted by Gasteiger charge is -2.09. The molecule has 0 unspecified atom stereocenters. The number of rotatable bonds is 2.